The number of aliphatic imine (C=N–C) groups is 1. The lowest BCUT2D eigenvalue weighted by atomic mass is 9.54. The number of rotatable bonds is 6. The van der Waals surface area contributed by atoms with Crippen molar-refractivity contribution in [2.45, 2.75) is 58.2 Å². The fraction of sp³-hybridized carbons (Fsp3) is 0.652. The van der Waals surface area contributed by atoms with Gasteiger partial charge in [0.2, 0.25) is 5.96 Å². The standard InChI is InChI=1S/C23H31N5O5S/c1-14-16(13-26-8-7-24-20(26)25-21(30)33-3)34-19-17(14)18(29)28(22(31)27(19)9-10-32-2)15-11-23(12-15)5-4-6-23/h15H,4-13H2,1-3H3,(H,24,25,30). The summed E-state index contributed by atoms with van der Waals surface area (Å²) in [5.41, 5.74) is 0.815. The molecule has 3 aliphatic rings. The molecule has 0 bridgehead atoms. The number of ether oxygens (including phenoxy) is 2. The summed E-state index contributed by atoms with van der Waals surface area (Å²) in [6.45, 7) is 4.55. The monoisotopic (exact) mass is 489 g/mol. The van der Waals surface area contributed by atoms with Crippen molar-refractivity contribution in [1.29, 1.82) is 0 Å². The van der Waals surface area contributed by atoms with Crippen molar-refractivity contribution < 1.29 is 14.3 Å². The minimum Gasteiger partial charge on any atom is -0.451 e. The van der Waals surface area contributed by atoms with Crippen LogP contribution in [-0.2, 0) is 22.6 Å². The van der Waals surface area contributed by atoms with Crippen molar-refractivity contribution in [2.24, 2.45) is 10.4 Å². The van der Waals surface area contributed by atoms with E-state index in [-0.39, 0.29) is 17.3 Å². The van der Waals surface area contributed by atoms with E-state index in [1.54, 1.807) is 11.7 Å². The first-order valence-electron chi connectivity index (χ1n) is 11.8. The molecular formula is C23H31N5O5S. The molecule has 0 atom stereocenters. The van der Waals surface area contributed by atoms with Crippen molar-refractivity contribution in [2.75, 3.05) is 33.9 Å². The maximum Gasteiger partial charge on any atom is 0.436 e. The number of hydrogen-bond donors (Lipinski definition) is 1. The molecule has 2 aliphatic carbocycles. The summed E-state index contributed by atoms with van der Waals surface area (Å²) in [6, 6.07) is -0.0252. The molecule has 34 heavy (non-hydrogen) atoms. The van der Waals surface area contributed by atoms with E-state index in [0.29, 0.717) is 54.4 Å². The molecule has 184 valence electrons. The molecule has 11 heteroatoms. The zero-order valence-corrected chi connectivity index (χ0v) is 20.7. The third-order valence-electron chi connectivity index (χ3n) is 7.65. The topological polar surface area (TPSA) is 107 Å². The maximum atomic E-state index is 13.7. The van der Waals surface area contributed by atoms with Crippen molar-refractivity contribution in [3.8, 4) is 0 Å². The molecule has 1 N–H and O–H groups in total. The molecule has 1 spiro atoms. The van der Waals surface area contributed by atoms with Crippen LogP contribution >= 0.6 is 11.3 Å². The highest BCUT2D eigenvalue weighted by Gasteiger charge is 2.49. The summed E-state index contributed by atoms with van der Waals surface area (Å²) >= 11 is 1.46. The van der Waals surface area contributed by atoms with Crippen molar-refractivity contribution in [1.82, 2.24) is 19.4 Å². The molecule has 0 radical (unpaired) electrons. The van der Waals surface area contributed by atoms with Crippen LogP contribution in [0.15, 0.2) is 14.6 Å². The minimum absolute atomic E-state index is 0.0252. The number of thiophene rings is 1. The lowest BCUT2D eigenvalue weighted by molar-refractivity contribution is -0.0205. The van der Waals surface area contributed by atoms with E-state index in [1.807, 2.05) is 11.8 Å². The molecule has 1 amide bonds. The highest BCUT2D eigenvalue weighted by atomic mass is 32.1. The third-order valence-corrected chi connectivity index (χ3v) is 8.95. The van der Waals surface area contributed by atoms with Crippen LogP contribution in [0.3, 0.4) is 0 Å². The van der Waals surface area contributed by atoms with Gasteiger partial charge < -0.3 is 19.7 Å². The van der Waals surface area contributed by atoms with Gasteiger partial charge in [-0.05, 0) is 43.6 Å². The average Bonchev–Trinajstić information content (AvgIpc) is 3.32. The molecule has 1 aliphatic heterocycles. The Morgan fingerprint density at radius 3 is 2.68 bits per heavy atom. The molecule has 10 nitrogen and oxygen atoms in total. The second-order valence-electron chi connectivity index (χ2n) is 9.60. The molecule has 2 aromatic heterocycles. The zero-order chi connectivity index (χ0) is 24.0. The second-order valence-corrected chi connectivity index (χ2v) is 10.7. The summed E-state index contributed by atoms with van der Waals surface area (Å²) in [7, 11) is 2.90. The van der Waals surface area contributed by atoms with Crippen LogP contribution in [0.25, 0.3) is 10.2 Å². The molecule has 5 rings (SSSR count). The van der Waals surface area contributed by atoms with E-state index in [1.165, 1.54) is 42.3 Å². The Morgan fingerprint density at radius 2 is 2.03 bits per heavy atom. The molecule has 2 aromatic rings. The number of carbonyl (C=O) groups is 1. The molecular weight excluding hydrogens is 458 g/mol. The van der Waals surface area contributed by atoms with Crippen LogP contribution in [0, 0.1) is 12.3 Å². The van der Waals surface area contributed by atoms with Crippen molar-refractivity contribution in [3.63, 3.8) is 0 Å². The van der Waals surface area contributed by atoms with Crippen LogP contribution < -0.4 is 16.6 Å². The number of aryl methyl sites for hydroxylation is 1. The van der Waals surface area contributed by atoms with E-state index in [0.717, 1.165) is 23.3 Å². The number of nitrogens with zero attached hydrogens (tertiary/aromatic N) is 4. The Morgan fingerprint density at radius 1 is 1.26 bits per heavy atom. The van der Waals surface area contributed by atoms with E-state index < -0.39 is 6.09 Å². The number of guanidine groups is 1. The largest absolute Gasteiger partial charge is 0.451 e. The molecule has 3 fully saturated rings. The van der Waals surface area contributed by atoms with Crippen LogP contribution in [0.2, 0.25) is 0 Å². The lowest BCUT2D eigenvalue weighted by Gasteiger charge is -2.54. The number of methoxy groups -OCH3 is 2. The quantitative estimate of drug-likeness (QED) is 0.663. The fourth-order valence-electron chi connectivity index (χ4n) is 5.56. The van der Waals surface area contributed by atoms with Gasteiger partial charge in [-0.1, -0.05) is 6.42 Å². The van der Waals surface area contributed by atoms with Gasteiger partial charge >= 0.3 is 11.8 Å². The molecule has 3 heterocycles. The fourth-order valence-corrected chi connectivity index (χ4v) is 6.89. The Hall–Kier alpha value is -2.66. The van der Waals surface area contributed by atoms with Gasteiger partial charge in [0.25, 0.3) is 5.56 Å². The predicted octanol–water partition coefficient (Wildman–Crippen LogP) is 2.21. The van der Waals surface area contributed by atoms with Gasteiger partial charge in [-0.25, -0.2) is 9.59 Å². The van der Waals surface area contributed by atoms with E-state index in [2.05, 4.69) is 15.0 Å². The van der Waals surface area contributed by atoms with Crippen molar-refractivity contribution in [3.05, 3.63) is 31.3 Å². The van der Waals surface area contributed by atoms with E-state index in [4.69, 9.17) is 4.74 Å². The molecule has 2 saturated carbocycles. The van der Waals surface area contributed by atoms with E-state index >= 15 is 0 Å². The van der Waals surface area contributed by atoms with Gasteiger partial charge in [-0.3, -0.25) is 13.9 Å². The number of nitrogens with one attached hydrogen (secondary N) is 1. The number of aromatic nitrogens is 2. The first-order chi connectivity index (χ1) is 16.4. The zero-order valence-electron chi connectivity index (χ0n) is 19.9. The predicted molar refractivity (Wildman–Crippen MR) is 130 cm³/mol. The highest BCUT2D eigenvalue weighted by Crippen LogP contribution is 2.59. The Bertz CT molecular complexity index is 1260. The maximum absolute atomic E-state index is 13.7. The number of carbonyl (C=O) groups excluding carboxylic acids is 1. The van der Waals surface area contributed by atoms with Crippen molar-refractivity contribution >= 4 is 33.6 Å². The van der Waals surface area contributed by atoms with Crippen LogP contribution in [0.4, 0.5) is 4.79 Å². The summed E-state index contributed by atoms with van der Waals surface area (Å²) in [4.78, 5) is 46.4. The van der Waals surface area contributed by atoms with Gasteiger partial charge in [-0.15, -0.1) is 16.3 Å². The van der Waals surface area contributed by atoms with Gasteiger partial charge in [0.15, 0.2) is 0 Å². The van der Waals surface area contributed by atoms with Crippen LogP contribution in [0.5, 0.6) is 0 Å². The highest BCUT2D eigenvalue weighted by molar-refractivity contribution is 7.18. The summed E-state index contributed by atoms with van der Waals surface area (Å²) in [6.07, 6.45) is 4.84. The molecule has 1 saturated heterocycles. The lowest BCUT2D eigenvalue weighted by Crippen LogP contribution is -2.51. The number of hydrogen-bond acceptors (Lipinski definition) is 6. The Balaban J connectivity index is 1.55. The smallest absolute Gasteiger partial charge is 0.436 e. The summed E-state index contributed by atoms with van der Waals surface area (Å²) < 4.78 is 13.1. The average molecular weight is 490 g/mol. The number of amides is 1. The third kappa shape index (κ3) is 3.74. The second kappa shape index (κ2) is 8.84. The van der Waals surface area contributed by atoms with Crippen LogP contribution in [-0.4, -0.2) is 60.0 Å². The summed E-state index contributed by atoms with van der Waals surface area (Å²) in [5.74, 6) is 0.457. The van der Waals surface area contributed by atoms with E-state index in [9.17, 15) is 14.4 Å². The minimum atomic E-state index is -0.663. The Kier molecular flexibility index (Phi) is 6.01. The first-order valence-corrected chi connectivity index (χ1v) is 12.6. The van der Waals surface area contributed by atoms with Gasteiger partial charge in [0.05, 0.1) is 32.2 Å². The normalized spacial score (nSPS) is 20.6. The first kappa shape index (κ1) is 23.1. The summed E-state index contributed by atoms with van der Waals surface area (Å²) in [5, 5.41) is 3.72. The van der Waals surface area contributed by atoms with Gasteiger partial charge in [0, 0.05) is 31.1 Å². The van der Waals surface area contributed by atoms with Crippen LogP contribution in [0.1, 0.15) is 48.6 Å². The number of fused-ring (bicyclic) bond motifs is 1. The Labute approximate surface area is 201 Å². The molecule has 0 aromatic carbocycles. The van der Waals surface area contributed by atoms with Gasteiger partial charge in [-0.2, -0.15) is 0 Å². The SMILES string of the molecule is COCCn1c(=O)n(C2CC3(CCC3)C2)c(=O)c2c(C)c(CN3CCNC3=NC(=O)OC)sc21. The molecule has 0 unspecified atom stereocenters. The van der Waals surface area contributed by atoms with Gasteiger partial charge in [0.1, 0.15) is 4.83 Å².